The lowest BCUT2D eigenvalue weighted by Gasteiger charge is -2.16. The zero-order valence-electron chi connectivity index (χ0n) is 11.7. The Morgan fingerprint density at radius 3 is 2.57 bits per heavy atom. The largest absolute Gasteiger partial charge is 0.464 e. The average molecular weight is 308 g/mol. The Balaban J connectivity index is 2.19. The van der Waals surface area contributed by atoms with Gasteiger partial charge in [-0.3, -0.25) is 4.79 Å². The minimum atomic E-state index is -3.83. The highest BCUT2D eigenvalue weighted by Gasteiger charge is 2.16. The summed E-state index contributed by atoms with van der Waals surface area (Å²) >= 11 is 0. The van der Waals surface area contributed by atoms with Crippen molar-refractivity contribution in [3.05, 3.63) is 53.5 Å². The monoisotopic (exact) mass is 308 g/mol. The molecule has 0 unspecified atom stereocenters. The smallest absolute Gasteiger partial charge is 0.254 e. The van der Waals surface area contributed by atoms with Crippen LogP contribution in [0.3, 0.4) is 0 Å². The van der Waals surface area contributed by atoms with Gasteiger partial charge in [0.15, 0.2) is 0 Å². The first-order chi connectivity index (χ1) is 9.77. The summed E-state index contributed by atoms with van der Waals surface area (Å²) in [5.74, 6) is 1.11. The molecule has 0 aliphatic heterocycles. The van der Waals surface area contributed by atoms with Gasteiger partial charge in [0, 0.05) is 12.6 Å². The van der Waals surface area contributed by atoms with E-state index >= 15 is 0 Å². The van der Waals surface area contributed by atoms with E-state index in [4.69, 9.17) is 9.56 Å². The van der Waals surface area contributed by atoms with Gasteiger partial charge in [-0.2, -0.15) is 0 Å². The number of sulfonamides is 1. The van der Waals surface area contributed by atoms with Crippen LogP contribution in [-0.2, 0) is 16.6 Å². The van der Waals surface area contributed by atoms with Crippen molar-refractivity contribution >= 4 is 15.9 Å². The summed E-state index contributed by atoms with van der Waals surface area (Å²) in [7, 11) is -2.21. The van der Waals surface area contributed by atoms with Gasteiger partial charge in [-0.15, -0.1) is 0 Å². The lowest BCUT2D eigenvalue weighted by atomic mass is 10.2. The number of benzene rings is 1. The van der Waals surface area contributed by atoms with Crippen LogP contribution in [0.5, 0.6) is 0 Å². The van der Waals surface area contributed by atoms with Gasteiger partial charge in [0.25, 0.3) is 5.91 Å². The highest BCUT2D eigenvalue weighted by Crippen LogP contribution is 2.14. The van der Waals surface area contributed by atoms with Gasteiger partial charge in [0.1, 0.15) is 11.5 Å². The molecular formula is C14H16N2O4S. The van der Waals surface area contributed by atoms with Gasteiger partial charge in [-0.05, 0) is 37.3 Å². The summed E-state index contributed by atoms with van der Waals surface area (Å²) < 4.78 is 28.0. The van der Waals surface area contributed by atoms with Crippen LogP contribution in [0.25, 0.3) is 0 Å². The van der Waals surface area contributed by atoms with E-state index in [0.717, 1.165) is 5.76 Å². The normalized spacial score (nSPS) is 11.4. The highest BCUT2D eigenvalue weighted by atomic mass is 32.2. The van der Waals surface area contributed by atoms with E-state index in [0.29, 0.717) is 12.3 Å². The van der Waals surface area contributed by atoms with Gasteiger partial charge < -0.3 is 9.32 Å². The number of hydrogen-bond acceptors (Lipinski definition) is 4. The standard InChI is InChI=1S/C14H16N2O4S/c1-10-6-7-12(20-10)9-16(2)14(17)11-4-3-5-13(8-11)21(15,18)19/h3-8H,9H2,1-2H3,(H2,15,18,19). The van der Waals surface area contributed by atoms with E-state index in [9.17, 15) is 13.2 Å². The van der Waals surface area contributed by atoms with Crippen molar-refractivity contribution in [3.63, 3.8) is 0 Å². The quantitative estimate of drug-likeness (QED) is 0.926. The zero-order chi connectivity index (χ0) is 15.6. The van der Waals surface area contributed by atoms with Crippen molar-refractivity contribution in [2.45, 2.75) is 18.4 Å². The fraction of sp³-hybridized carbons (Fsp3) is 0.214. The maximum absolute atomic E-state index is 12.3. The first-order valence-electron chi connectivity index (χ1n) is 6.21. The molecule has 0 saturated heterocycles. The topological polar surface area (TPSA) is 93.6 Å². The van der Waals surface area contributed by atoms with Crippen LogP contribution >= 0.6 is 0 Å². The number of aryl methyl sites for hydroxylation is 1. The minimum absolute atomic E-state index is 0.0874. The molecule has 1 aromatic carbocycles. The van der Waals surface area contributed by atoms with E-state index in [1.54, 1.807) is 19.2 Å². The van der Waals surface area contributed by atoms with Crippen molar-refractivity contribution in [2.24, 2.45) is 5.14 Å². The van der Waals surface area contributed by atoms with Crippen LogP contribution in [-0.4, -0.2) is 26.3 Å². The second kappa shape index (κ2) is 5.71. The summed E-state index contributed by atoms with van der Waals surface area (Å²) in [6, 6.07) is 9.25. The molecule has 0 radical (unpaired) electrons. The summed E-state index contributed by atoms with van der Waals surface area (Å²) in [4.78, 5) is 13.6. The third-order valence-corrected chi connectivity index (χ3v) is 3.86. The van der Waals surface area contributed by atoms with Crippen LogP contribution in [0.1, 0.15) is 21.9 Å². The van der Waals surface area contributed by atoms with E-state index < -0.39 is 10.0 Å². The van der Waals surface area contributed by atoms with Gasteiger partial charge in [0.05, 0.1) is 11.4 Å². The third kappa shape index (κ3) is 3.71. The van der Waals surface area contributed by atoms with E-state index in [2.05, 4.69) is 0 Å². The van der Waals surface area contributed by atoms with Gasteiger partial charge >= 0.3 is 0 Å². The van der Waals surface area contributed by atoms with Gasteiger partial charge in [-0.25, -0.2) is 13.6 Å². The highest BCUT2D eigenvalue weighted by molar-refractivity contribution is 7.89. The molecule has 0 bridgehead atoms. The predicted molar refractivity (Wildman–Crippen MR) is 77.1 cm³/mol. The SMILES string of the molecule is Cc1ccc(CN(C)C(=O)c2cccc(S(N)(=O)=O)c2)o1. The number of nitrogens with two attached hydrogens (primary N) is 1. The molecule has 1 heterocycles. The lowest BCUT2D eigenvalue weighted by Crippen LogP contribution is -2.26. The number of carbonyl (C=O) groups is 1. The second-order valence-electron chi connectivity index (χ2n) is 4.75. The van der Waals surface area contributed by atoms with Crippen molar-refractivity contribution in [1.29, 1.82) is 0 Å². The molecule has 1 aromatic heterocycles. The number of nitrogens with zero attached hydrogens (tertiary/aromatic N) is 1. The Hall–Kier alpha value is -2.12. The number of primary sulfonamides is 1. The Labute approximate surface area is 123 Å². The Bertz CT molecular complexity index is 765. The maximum atomic E-state index is 12.3. The lowest BCUT2D eigenvalue weighted by molar-refractivity contribution is 0.0774. The van der Waals surface area contributed by atoms with Crippen molar-refractivity contribution in [1.82, 2.24) is 4.90 Å². The Kier molecular flexibility index (Phi) is 4.15. The maximum Gasteiger partial charge on any atom is 0.254 e. The summed E-state index contributed by atoms with van der Waals surface area (Å²) in [5.41, 5.74) is 0.257. The first-order valence-corrected chi connectivity index (χ1v) is 7.75. The number of furan rings is 1. The fourth-order valence-corrected chi connectivity index (χ4v) is 2.46. The zero-order valence-corrected chi connectivity index (χ0v) is 12.6. The van der Waals surface area contributed by atoms with Crippen LogP contribution in [0, 0.1) is 6.92 Å². The molecule has 112 valence electrons. The van der Waals surface area contributed by atoms with E-state index in [1.165, 1.54) is 23.1 Å². The molecule has 0 atom stereocenters. The number of amides is 1. The number of carbonyl (C=O) groups excluding carboxylic acids is 1. The summed E-state index contributed by atoms with van der Waals surface area (Å²) in [6.45, 7) is 2.12. The molecule has 7 heteroatoms. The number of hydrogen-bond donors (Lipinski definition) is 1. The fourth-order valence-electron chi connectivity index (χ4n) is 1.90. The van der Waals surface area contributed by atoms with Crippen molar-refractivity contribution in [3.8, 4) is 0 Å². The predicted octanol–water partition coefficient (Wildman–Crippen LogP) is 1.51. The molecule has 2 aromatic rings. The van der Waals surface area contributed by atoms with E-state index in [-0.39, 0.29) is 16.4 Å². The van der Waals surface area contributed by atoms with Crippen molar-refractivity contribution in [2.75, 3.05) is 7.05 Å². The third-order valence-electron chi connectivity index (χ3n) is 2.95. The molecule has 0 fully saturated rings. The molecule has 0 saturated carbocycles. The summed E-state index contributed by atoms with van der Waals surface area (Å²) in [6.07, 6.45) is 0. The van der Waals surface area contributed by atoms with Crippen LogP contribution in [0.4, 0.5) is 0 Å². The Morgan fingerprint density at radius 1 is 1.29 bits per heavy atom. The van der Waals surface area contributed by atoms with Crippen LogP contribution in [0.2, 0.25) is 0 Å². The average Bonchev–Trinajstić information content (AvgIpc) is 2.82. The molecule has 0 aliphatic carbocycles. The molecule has 6 nitrogen and oxygen atoms in total. The van der Waals surface area contributed by atoms with E-state index in [1.807, 2.05) is 13.0 Å². The van der Waals surface area contributed by atoms with Gasteiger partial charge in [-0.1, -0.05) is 6.07 Å². The molecule has 0 aliphatic rings. The van der Waals surface area contributed by atoms with Gasteiger partial charge in [0.2, 0.25) is 10.0 Å². The molecule has 2 N–H and O–H groups in total. The van der Waals surface area contributed by atoms with Crippen molar-refractivity contribution < 1.29 is 17.6 Å². The number of rotatable bonds is 4. The molecule has 2 rings (SSSR count). The first kappa shape index (κ1) is 15.3. The Morgan fingerprint density at radius 2 is 2.00 bits per heavy atom. The summed E-state index contributed by atoms with van der Waals surface area (Å²) in [5, 5.41) is 5.06. The molecule has 0 spiro atoms. The van der Waals surface area contributed by atoms with Crippen LogP contribution < -0.4 is 5.14 Å². The van der Waals surface area contributed by atoms with Crippen LogP contribution in [0.15, 0.2) is 45.7 Å². The molecule has 1 amide bonds. The second-order valence-corrected chi connectivity index (χ2v) is 6.31. The molecule has 21 heavy (non-hydrogen) atoms. The minimum Gasteiger partial charge on any atom is -0.464 e. The molecular weight excluding hydrogens is 292 g/mol.